The van der Waals surface area contributed by atoms with E-state index < -0.39 is 6.10 Å². The van der Waals surface area contributed by atoms with Gasteiger partial charge in [-0.05, 0) is 87.9 Å². The van der Waals surface area contributed by atoms with Gasteiger partial charge >= 0.3 is 0 Å². The minimum atomic E-state index is -0.579. The number of aryl methyl sites for hydroxylation is 2. The molecule has 1 saturated carbocycles. The van der Waals surface area contributed by atoms with Gasteiger partial charge in [-0.2, -0.15) is 0 Å². The van der Waals surface area contributed by atoms with E-state index in [0.29, 0.717) is 6.10 Å². The highest BCUT2D eigenvalue weighted by Gasteiger charge is 2.18. The second-order valence-electron chi connectivity index (χ2n) is 7.07. The number of benzene rings is 2. The molecule has 0 spiro atoms. The van der Waals surface area contributed by atoms with Gasteiger partial charge in [-0.25, -0.2) is 0 Å². The van der Waals surface area contributed by atoms with Gasteiger partial charge in [0, 0.05) is 5.69 Å². The molecule has 1 fully saturated rings. The van der Waals surface area contributed by atoms with Crippen LogP contribution < -0.4 is 14.8 Å². The maximum Gasteiger partial charge on any atom is 0.265 e. The topological polar surface area (TPSA) is 47.6 Å². The van der Waals surface area contributed by atoms with Gasteiger partial charge in [0.1, 0.15) is 11.5 Å². The van der Waals surface area contributed by atoms with E-state index in [1.807, 2.05) is 56.3 Å². The minimum absolute atomic E-state index is 0.171. The summed E-state index contributed by atoms with van der Waals surface area (Å²) in [6.07, 6.45) is 4.51. The quantitative estimate of drug-likeness (QED) is 0.792. The first kappa shape index (κ1) is 18.3. The molecule has 3 rings (SSSR count). The van der Waals surface area contributed by atoms with Crippen LogP contribution in [0.15, 0.2) is 42.5 Å². The van der Waals surface area contributed by atoms with Crippen LogP contribution in [0.25, 0.3) is 0 Å². The highest BCUT2D eigenvalue weighted by atomic mass is 16.5. The molecule has 0 unspecified atom stereocenters. The summed E-state index contributed by atoms with van der Waals surface area (Å²) in [5.74, 6) is 1.43. The molecule has 0 heterocycles. The first-order valence-electron chi connectivity index (χ1n) is 9.33. The van der Waals surface area contributed by atoms with E-state index in [1.165, 1.54) is 12.8 Å². The maximum absolute atomic E-state index is 12.4. The number of amides is 1. The lowest BCUT2D eigenvalue weighted by molar-refractivity contribution is -0.122. The van der Waals surface area contributed by atoms with E-state index in [1.54, 1.807) is 6.92 Å². The van der Waals surface area contributed by atoms with Crippen molar-refractivity contribution in [1.29, 1.82) is 0 Å². The molecule has 138 valence electrons. The van der Waals surface area contributed by atoms with Gasteiger partial charge in [0.15, 0.2) is 6.10 Å². The fraction of sp³-hybridized carbons (Fsp3) is 0.409. The van der Waals surface area contributed by atoms with Gasteiger partial charge in [-0.15, -0.1) is 0 Å². The Hall–Kier alpha value is -2.49. The zero-order valence-corrected chi connectivity index (χ0v) is 15.7. The second kappa shape index (κ2) is 8.26. The standard InChI is InChI=1S/C22H27NO3/c1-15-8-9-16(2)21(14-15)25-17(3)22(24)23-18-10-12-20(13-11-18)26-19-6-4-5-7-19/h8-14,17,19H,4-7H2,1-3H3,(H,23,24)/t17-/m0/s1. The molecule has 2 aromatic carbocycles. The van der Waals surface area contributed by atoms with Crippen molar-refractivity contribution in [1.82, 2.24) is 0 Å². The molecule has 4 nitrogen and oxygen atoms in total. The van der Waals surface area contributed by atoms with E-state index in [4.69, 9.17) is 9.47 Å². The van der Waals surface area contributed by atoms with Crippen LogP contribution in [0.5, 0.6) is 11.5 Å². The average molecular weight is 353 g/mol. The Labute approximate surface area is 155 Å². The Morgan fingerprint density at radius 1 is 1.08 bits per heavy atom. The summed E-state index contributed by atoms with van der Waals surface area (Å²) in [5.41, 5.74) is 2.87. The lowest BCUT2D eigenvalue weighted by atomic mass is 10.1. The largest absolute Gasteiger partial charge is 0.490 e. The summed E-state index contributed by atoms with van der Waals surface area (Å²) in [5, 5.41) is 2.90. The number of ether oxygens (including phenoxy) is 2. The van der Waals surface area contributed by atoms with Gasteiger partial charge in [-0.3, -0.25) is 4.79 Å². The predicted molar refractivity (Wildman–Crippen MR) is 104 cm³/mol. The van der Waals surface area contributed by atoms with E-state index in [0.717, 1.165) is 41.2 Å². The third kappa shape index (κ3) is 4.78. The zero-order chi connectivity index (χ0) is 18.5. The molecule has 0 bridgehead atoms. The Balaban J connectivity index is 1.55. The van der Waals surface area contributed by atoms with Crippen molar-refractivity contribution < 1.29 is 14.3 Å². The van der Waals surface area contributed by atoms with Crippen molar-refractivity contribution in [3.8, 4) is 11.5 Å². The van der Waals surface area contributed by atoms with Crippen molar-refractivity contribution in [2.45, 2.75) is 58.7 Å². The van der Waals surface area contributed by atoms with E-state index in [2.05, 4.69) is 5.32 Å². The van der Waals surface area contributed by atoms with Gasteiger partial charge in [0.25, 0.3) is 5.91 Å². The molecule has 4 heteroatoms. The molecule has 0 aliphatic heterocycles. The number of hydrogen-bond donors (Lipinski definition) is 1. The molecule has 0 saturated heterocycles. The van der Waals surface area contributed by atoms with Crippen LogP contribution >= 0.6 is 0 Å². The summed E-state index contributed by atoms with van der Waals surface area (Å²) in [6, 6.07) is 13.5. The Morgan fingerprint density at radius 3 is 2.46 bits per heavy atom. The third-order valence-corrected chi connectivity index (χ3v) is 4.74. The number of hydrogen-bond acceptors (Lipinski definition) is 3. The molecule has 1 aliphatic rings. The number of rotatable bonds is 6. The van der Waals surface area contributed by atoms with Crippen molar-refractivity contribution in [2.75, 3.05) is 5.32 Å². The SMILES string of the molecule is Cc1ccc(C)c(O[C@@H](C)C(=O)Nc2ccc(OC3CCCC3)cc2)c1. The van der Waals surface area contributed by atoms with Crippen LogP contribution in [0.1, 0.15) is 43.7 Å². The molecular formula is C22H27NO3. The summed E-state index contributed by atoms with van der Waals surface area (Å²) in [7, 11) is 0. The fourth-order valence-corrected chi connectivity index (χ4v) is 3.14. The zero-order valence-electron chi connectivity index (χ0n) is 15.7. The smallest absolute Gasteiger partial charge is 0.265 e. The van der Waals surface area contributed by atoms with Crippen molar-refractivity contribution in [2.24, 2.45) is 0 Å². The van der Waals surface area contributed by atoms with Crippen LogP contribution in [0.4, 0.5) is 5.69 Å². The van der Waals surface area contributed by atoms with Gasteiger partial charge in [0.05, 0.1) is 6.10 Å². The Bertz CT molecular complexity index is 748. The third-order valence-electron chi connectivity index (χ3n) is 4.74. The molecule has 2 aromatic rings. The second-order valence-corrected chi connectivity index (χ2v) is 7.07. The first-order valence-corrected chi connectivity index (χ1v) is 9.33. The summed E-state index contributed by atoms with van der Waals surface area (Å²) in [6.45, 7) is 5.74. The van der Waals surface area contributed by atoms with Crippen molar-refractivity contribution in [3.63, 3.8) is 0 Å². The summed E-state index contributed by atoms with van der Waals surface area (Å²) < 4.78 is 11.8. The fourth-order valence-electron chi connectivity index (χ4n) is 3.14. The van der Waals surface area contributed by atoms with Crippen LogP contribution in [-0.2, 0) is 4.79 Å². The van der Waals surface area contributed by atoms with E-state index in [9.17, 15) is 4.79 Å². The molecule has 0 radical (unpaired) electrons. The molecule has 1 aliphatic carbocycles. The molecule has 26 heavy (non-hydrogen) atoms. The number of nitrogens with one attached hydrogen (secondary N) is 1. The molecule has 0 aromatic heterocycles. The maximum atomic E-state index is 12.4. The van der Waals surface area contributed by atoms with Crippen LogP contribution in [0.2, 0.25) is 0 Å². The van der Waals surface area contributed by atoms with Crippen LogP contribution in [0, 0.1) is 13.8 Å². The van der Waals surface area contributed by atoms with E-state index >= 15 is 0 Å². The van der Waals surface area contributed by atoms with Gasteiger partial charge in [-0.1, -0.05) is 12.1 Å². The molecule has 1 amide bonds. The lowest BCUT2D eigenvalue weighted by Gasteiger charge is -2.17. The first-order chi connectivity index (χ1) is 12.5. The highest BCUT2D eigenvalue weighted by Crippen LogP contribution is 2.25. The Morgan fingerprint density at radius 2 is 1.77 bits per heavy atom. The van der Waals surface area contributed by atoms with Gasteiger partial charge in [0.2, 0.25) is 0 Å². The number of carbonyl (C=O) groups is 1. The minimum Gasteiger partial charge on any atom is -0.490 e. The number of carbonyl (C=O) groups excluding carboxylic acids is 1. The van der Waals surface area contributed by atoms with E-state index in [-0.39, 0.29) is 5.91 Å². The molecule has 1 N–H and O–H groups in total. The highest BCUT2D eigenvalue weighted by molar-refractivity contribution is 5.94. The monoisotopic (exact) mass is 353 g/mol. The van der Waals surface area contributed by atoms with Gasteiger partial charge < -0.3 is 14.8 Å². The summed E-state index contributed by atoms with van der Waals surface area (Å²) >= 11 is 0. The lowest BCUT2D eigenvalue weighted by Crippen LogP contribution is -2.30. The molecule has 1 atom stereocenters. The predicted octanol–water partition coefficient (Wildman–Crippen LogP) is 5.03. The van der Waals surface area contributed by atoms with Crippen molar-refractivity contribution in [3.05, 3.63) is 53.6 Å². The Kier molecular flexibility index (Phi) is 5.82. The van der Waals surface area contributed by atoms with Crippen molar-refractivity contribution >= 4 is 11.6 Å². The number of anilines is 1. The van der Waals surface area contributed by atoms with Crippen LogP contribution in [-0.4, -0.2) is 18.1 Å². The molecular weight excluding hydrogens is 326 g/mol. The summed E-state index contributed by atoms with van der Waals surface area (Å²) in [4.78, 5) is 12.4. The normalized spacial score (nSPS) is 15.5. The average Bonchev–Trinajstić information content (AvgIpc) is 3.13. The van der Waals surface area contributed by atoms with Crippen LogP contribution in [0.3, 0.4) is 0 Å².